The number of halogens is 3. The standard InChI is InChI=1S/C17H13Cl3N4O/c1-25-14-8-6-12(7-9-14)22-17(15(18)16(19)20)24-23-13-4-2-11(10-21)3-5-13/h2-9,23H,1H3,(H,22,24). The van der Waals surface area contributed by atoms with Gasteiger partial charge in [0, 0.05) is 0 Å². The maximum absolute atomic E-state index is 8.82. The normalized spacial score (nSPS) is 10.6. The molecule has 8 heteroatoms. The zero-order valence-electron chi connectivity index (χ0n) is 13.1. The Morgan fingerprint density at radius 3 is 2.20 bits per heavy atom. The van der Waals surface area contributed by atoms with Crippen LogP contribution >= 0.6 is 34.8 Å². The van der Waals surface area contributed by atoms with Gasteiger partial charge in [0.1, 0.15) is 15.3 Å². The summed E-state index contributed by atoms with van der Waals surface area (Å²) in [7, 11) is 1.58. The molecule has 0 saturated carbocycles. The second-order valence-electron chi connectivity index (χ2n) is 4.67. The van der Waals surface area contributed by atoms with E-state index in [1.165, 1.54) is 0 Å². The summed E-state index contributed by atoms with van der Waals surface area (Å²) in [4.78, 5) is 4.38. The SMILES string of the molecule is COc1ccc(N=C(NNc2ccc(C#N)cc2)C(Cl)=C(Cl)Cl)cc1. The lowest BCUT2D eigenvalue weighted by molar-refractivity contribution is 0.415. The fourth-order valence-electron chi connectivity index (χ4n) is 1.77. The Bertz CT molecular complexity index is 820. The van der Waals surface area contributed by atoms with Gasteiger partial charge < -0.3 is 4.74 Å². The highest BCUT2D eigenvalue weighted by atomic mass is 35.5. The van der Waals surface area contributed by atoms with Gasteiger partial charge in [-0.15, -0.1) is 0 Å². The Balaban J connectivity index is 2.21. The van der Waals surface area contributed by atoms with Gasteiger partial charge in [0.25, 0.3) is 0 Å². The molecule has 0 saturated heterocycles. The Labute approximate surface area is 160 Å². The molecule has 0 aromatic heterocycles. The highest BCUT2D eigenvalue weighted by molar-refractivity contribution is 6.62. The number of aliphatic imine (C=N–C) groups is 1. The predicted octanol–water partition coefficient (Wildman–Crippen LogP) is 5.10. The zero-order valence-corrected chi connectivity index (χ0v) is 15.3. The number of ether oxygens (including phenoxy) is 1. The number of hydrogen-bond donors (Lipinski definition) is 2. The molecule has 0 atom stereocenters. The van der Waals surface area contributed by atoms with Gasteiger partial charge in [0.2, 0.25) is 0 Å². The lowest BCUT2D eigenvalue weighted by atomic mass is 10.2. The van der Waals surface area contributed by atoms with Crippen molar-refractivity contribution in [1.82, 2.24) is 5.43 Å². The van der Waals surface area contributed by atoms with E-state index < -0.39 is 0 Å². The second kappa shape index (κ2) is 9.19. The second-order valence-corrected chi connectivity index (χ2v) is 6.00. The van der Waals surface area contributed by atoms with Gasteiger partial charge in [-0.3, -0.25) is 10.9 Å². The van der Waals surface area contributed by atoms with Gasteiger partial charge in [-0.05, 0) is 48.5 Å². The van der Waals surface area contributed by atoms with Crippen molar-refractivity contribution in [2.75, 3.05) is 12.5 Å². The van der Waals surface area contributed by atoms with E-state index >= 15 is 0 Å². The van der Waals surface area contributed by atoms with E-state index in [-0.39, 0.29) is 15.4 Å². The minimum atomic E-state index is -0.122. The Morgan fingerprint density at radius 2 is 1.68 bits per heavy atom. The number of nitrogens with one attached hydrogen (secondary N) is 2. The number of rotatable bonds is 5. The van der Waals surface area contributed by atoms with Crippen LogP contribution in [0.15, 0.2) is 63.0 Å². The predicted molar refractivity (Wildman–Crippen MR) is 103 cm³/mol. The van der Waals surface area contributed by atoms with E-state index in [0.717, 1.165) is 0 Å². The molecule has 5 nitrogen and oxygen atoms in total. The summed E-state index contributed by atoms with van der Waals surface area (Å²) in [6.07, 6.45) is 0. The molecule has 2 N–H and O–H groups in total. The summed E-state index contributed by atoms with van der Waals surface area (Å²) < 4.78 is 4.98. The van der Waals surface area contributed by atoms with Crippen LogP contribution in [0.3, 0.4) is 0 Å². The smallest absolute Gasteiger partial charge is 0.166 e. The monoisotopic (exact) mass is 394 g/mol. The topological polar surface area (TPSA) is 69.4 Å². The van der Waals surface area contributed by atoms with Crippen LogP contribution in [0.4, 0.5) is 11.4 Å². The average Bonchev–Trinajstić information content (AvgIpc) is 2.65. The first-order chi connectivity index (χ1) is 12.0. The minimum Gasteiger partial charge on any atom is -0.497 e. The Morgan fingerprint density at radius 1 is 1.04 bits per heavy atom. The summed E-state index contributed by atoms with van der Waals surface area (Å²) in [6.45, 7) is 0. The van der Waals surface area contributed by atoms with Crippen molar-refractivity contribution >= 4 is 52.0 Å². The number of hydrazine groups is 1. The van der Waals surface area contributed by atoms with Crippen molar-refractivity contribution in [3.8, 4) is 11.8 Å². The molecule has 0 unspecified atom stereocenters. The fourth-order valence-corrected chi connectivity index (χ4v) is 2.04. The third-order valence-corrected chi connectivity index (χ3v) is 3.97. The molecule has 2 rings (SSSR count). The molecular formula is C17H13Cl3N4O. The molecule has 128 valence electrons. The van der Waals surface area contributed by atoms with E-state index in [1.807, 2.05) is 6.07 Å². The molecule has 0 spiro atoms. The lowest BCUT2D eigenvalue weighted by Gasteiger charge is -2.12. The van der Waals surface area contributed by atoms with Crippen LogP contribution in [0.25, 0.3) is 0 Å². The minimum absolute atomic E-state index is 0.0558. The molecular weight excluding hydrogens is 383 g/mol. The van der Waals surface area contributed by atoms with Crippen molar-refractivity contribution in [1.29, 1.82) is 5.26 Å². The third kappa shape index (κ3) is 5.57. The number of amidine groups is 1. The van der Waals surface area contributed by atoms with Crippen LogP contribution < -0.4 is 15.6 Å². The van der Waals surface area contributed by atoms with Gasteiger partial charge in [0.05, 0.1) is 30.1 Å². The largest absolute Gasteiger partial charge is 0.497 e. The number of methoxy groups -OCH3 is 1. The highest BCUT2D eigenvalue weighted by Crippen LogP contribution is 2.23. The van der Waals surface area contributed by atoms with Crippen molar-refractivity contribution in [2.45, 2.75) is 0 Å². The fraction of sp³-hybridized carbons (Fsp3) is 0.0588. The van der Waals surface area contributed by atoms with Gasteiger partial charge in [0.15, 0.2) is 5.84 Å². The van der Waals surface area contributed by atoms with Crippen molar-refractivity contribution in [3.63, 3.8) is 0 Å². The van der Waals surface area contributed by atoms with Crippen LogP contribution in [0.2, 0.25) is 0 Å². The third-order valence-electron chi connectivity index (χ3n) is 3.03. The molecule has 25 heavy (non-hydrogen) atoms. The van der Waals surface area contributed by atoms with Crippen molar-refractivity contribution < 1.29 is 4.74 Å². The molecule has 0 radical (unpaired) electrons. The molecule has 0 bridgehead atoms. The van der Waals surface area contributed by atoms with E-state index in [0.29, 0.717) is 22.7 Å². The van der Waals surface area contributed by atoms with Gasteiger partial charge in [-0.1, -0.05) is 34.8 Å². The summed E-state index contributed by atoms with van der Waals surface area (Å²) >= 11 is 17.7. The first kappa shape index (κ1) is 18.9. The van der Waals surface area contributed by atoms with Crippen LogP contribution in [-0.4, -0.2) is 12.9 Å². The molecule has 2 aromatic rings. The maximum Gasteiger partial charge on any atom is 0.166 e. The molecule has 0 heterocycles. The highest BCUT2D eigenvalue weighted by Gasteiger charge is 2.09. The summed E-state index contributed by atoms with van der Waals surface area (Å²) in [5, 5.41) is 8.87. The lowest BCUT2D eigenvalue weighted by Crippen LogP contribution is -2.29. The molecule has 0 fully saturated rings. The molecule has 0 amide bonds. The first-order valence-electron chi connectivity index (χ1n) is 6.99. The van der Waals surface area contributed by atoms with E-state index in [2.05, 4.69) is 15.8 Å². The first-order valence-corrected chi connectivity index (χ1v) is 8.13. The number of benzene rings is 2. The van der Waals surface area contributed by atoms with Crippen molar-refractivity contribution in [2.24, 2.45) is 4.99 Å². The summed E-state index contributed by atoms with van der Waals surface area (Å²) in [5.74, 6) is 0.942. The molecule has 0 aliphatic rings. The van der Waals surface area contributed by atoms with Crippen LogP contribution in [-0.2, 0) is 0 Å². The Hall–Kier alpha value is -2.39. The number of nitrogens with zero attached hydrogens (tertiary/aromatic N) is 2. The average molecular weight is 396 g/mol. The summed E-state index contributed by atoms with van der Waals surface area (Å²) in [5.41, 5.74) is 7.67. The van der Waals surface area contributed by atoms with Gasteiger partial charge in [-0.25, -0.2) is 4.99 Å². The zero-order chi connectivity index (χ0) is 18.2. The molecule has 0 aliphatic carbocycles. The van der Waals surface area contributed by atoms with Crippen LogP contribution in [0, 0.1) is 11.3 Å². The van der Waals surface area contributed by atoms with Gasteiger partial charge in [-0.2, -0.15) is 5.26 Å². The number of anilines is 1. The molecule has 2 aromatic carbocycles. The maximum atomic E-state index is 8.82. The summed E-state index contributed by atoms with van der Waals surface area (Å²) in [6, 6.07) is 15.9. The number of nitriles is 1. The van der Waals surface area contributed by atoms with Crippen LogP contribution in [0.5, 0.6) is 5.75 Å². The van der Waals surface area contributed by atoms with E-state index in [1.54, 1.807) is 55.6 Å². The number of hydrogen-bond acceptors (Lipinski definition) is 4. The van der Waals surface area contributed by atoms with Gasteiger partial charge >= 0.3 is 0 Å². The van der Waals surface area contributed by atoms with E-state index in [4.69, 9.17) is 44.8 Å². The molecule has 0 aliphatic heterocycles. The quantitative estimate of drug-likeness (QED) is 0.420. The van der Waals surface area contributed by atoms with Crippen molar-refractivity contribution in [3.05, 3.63) is 63.6 Å². The van der Waals surface area contributed by atoms with E-state index in [9.17, 15) is 0 Å². The van der Waals surface area contributed by atoms with Crippen LogP contribution in [0.1, 0.15) is 5.56 Å². The Kier molecular flexibility index (Phi) is 6.96.